The number of esters is 2. The fraction of sp³-hybridized carbons (Fsp3) is 0.324. The van der Waals surface area contributed by atoms with Gasteiger partial charge in [0.25, 0.3) is 6.04 Å². The molecule has 0 aromatic heterocycles. The standard InChI is InChI=1S/C18H15P.C14H26NO6Si.2CO.Fe/c1-4-10-16(11-5-1)19(17-12-6-2-7-13-17)18-14-8-3-9-15-18;1-6-7-11(10-12(16)20-2)13(15(18)19)14(17)21-8-9-22(3,4)5;2*1-2;/h1-15H;10-11,13H,6-9H2,1-5H3;;;/q;-1;;;+2. The summed E-state index contributed by atoms with van der Waals surface area (Å²) in [7, 11) is -0.646. The molecular weight excluding hydrogens is 665 g/mol. The second-order valence-electron chi connectivity index (χ2n) is 10.7. The van der Waals surface area contributed by atoms with E-state index in [1.807, 2.05) is 6.92 Å². The predicted molar refractivity (Wildman–Crippen MR) is 178 cm³/mol. The van der Waals surface area contributed by atoms with Crippen LogP contribution in [0.4, 0.5) is 0 Å². The van der Waals surface area contributed by atoms with Gasteiger partial charge in [0.2, 0.25) is 0 Å². The summed E-state index contributed by atoms with van der Waals surface area (Å²) in [5.74, 6) is -2.39. The largest absolute Gasteiger partial charge is 2.00 e. The molecule has 3 rings (SSSR count). The Morgan fingerprint density at radius 1 is 0.870 bits per heavy atom. The number of hydrogen-bond donors (Lipinski definition) is 0. The number of carbonyl (C=O) groups is 2. The molecule has 0 aliphatic carbocycles. The molecule has 2 atom stereocenters. The molecule has 0 aliphatic heterocycles. The fourth-order valence-corrected chi connectivity index (χ4v) is 7.07. The number of methoxy groups -OCH3 is 1. The van der Waals surface area contributed by atoms with Crippen molar-refractivity contribution in [3.8, 4) is 0 Å². The van der Waals surface area contributed by atoms with Gasteiger partial charge in [-0.05, 0) is 29.9 Å². The van der Waals surface area contributed by atoms with Crippen molar-refractivity contribution in [3.05, 3.63) is 121 Å². The van der Waals surface area contributed by atoms with Gasteiger partial charge >= 0.3 is 45.6 Å². The molecule has 0 fully saturated rings. The Morgan fingerprint density at radius 2 is 1.26 bits per heavy atom. The van der Waals surface area contributed by atoms with Crippen LogP contribution >= 0.6 is 7.92 Å². The van der Waals surface area contributed by atoms with Crippen LogP contribution in [-0.2, 0) is 45.4 Å². The van der Waals surface area contributed by atoms with Gasteiger partial charge in [0.1, 0.15) is 0 Å². The maximum absolute atomic E-state index is 12.0. The molecule has 0 N–H and O–H groups in total. The normalized spacial score (nSPS) is 11.1. The van der Waals surface area contributed by atoms with Crippen molar-refractivity contribution in [3.63, 3.8) is 0 Å². The third-order valence-corrected chi connectivity index (χ3v) is 10.3. The summed E-state index contributed by atoms with van der Waals surface area (Å²) in [6.45, 7) is 17.4. The summed E-state index contributed by atoms with van der Waals surface area (Å²) < 4.78 is 24.6. The van der Waals surface area contributed by atoms with Crippen molar-refractivity contribution in [2.24, 2.45) is 5.92 Å². The summed E-state index contributed by atoms with van der Waals surface area (Å²) in [6, 6.07) is 31.5. The molecule has 46 heavy (non-hydrogen) atoms. The third kappa shape index (κ3) is 17.3. The van der Waals surface area contributed by atoms with Crippen molar-refractivity contribution >= 4 is 43.8 Å². The third-order valence-electron chi connectivity index (χ3n) is 6.19. The minimum Gasteiger partial charge on any atom is -0.0622 e. The molecule has 0 heterocycles. The summed E-state index contributed by atoms with van der Waals surface area (Å²) in [6.07, 6.45) is 2.03. The molecule has 0 bridgehead atoms. The minimum atomic E-state index is -1.57. The Kier molecular flexibility index (Phi) is 24.9. The molecule has 12 heteroatoms. The van der Waals surface area contributed by atoms with E-state index in [9.17, 15) is 19.7 Å². The molecule has 3 aromatic rings. The smallest absolute Gasteiger partial charge is 0.0622 e. The average molecular weight is 707 g/mol. The summed E-state index contributed by atoms with van der Waals surface area (Å²) >= 11 is 0. The van der Waals surface area contributed by atoms with Gasteiger partial charge in [0.15, 0.2) is 5.97 Å². The Balaban J connectivity index is 0. The molecule has 0 spiro atoms. The molecule has 3 aromatic carbocycles. The molecule has 0 saturated heterocycles. The first kappa shape index (κ1) is 44.6. The van der Waals surface area contributed by atoms with Crippen molar-refractivity contribution < 1.29 is 50.4 Å². The number of ether oxygens (including phenoxy) is 2. The van der Waals surface area contributed by atoms with E-state index < -0.39 is 44.8 Å². The number of nitrogens with zero attached hydrogens (tertiary/aromatic N) is 1. The molecular formula is C34H41FeNO8PSi+. The van der Waals surface area contributed by atoms with Crippen LogP contribution in [0, 0.1) is 35.8 Å². The van der Waals surface area contributed by atoms with E-state index in [0.717, 1.165) is 12.5 Å². The maximum atomic E-state index is 12.0. The van der Waals surface area contributed by atoms with Gasteiger partial charge in [-0.25, -0.2) is 4.79 Å². The zero-order valence-corrected chi connectivity index (χ0v) is 29.7. The van der Waals surface area contributed by atoms with Crippen LogP contribution in [0.15, 0.2) is 91.0 Å². The van der Waals surface area contributed by atoms with Gasteiger partial charge in [-0.2, -0.15) is 0 Å². The predicted octanol–water partition coefficient (Wildman–Crippen LogP) is 5.67. The van der Waals surface area contributed by atoms with Gasteiger partial charge in [-0.3, -0.25) is 21.3 Å². The summed E-state index contributed by atoms with van der Waals surface area (Å²) in [4.78, 5) is 33.9. The summed E-state index contributed by atoms with van der Waals surface area (Å²) in [5, 5.41) is 15.4. The van der Waals surface area contributed by atoms with E-state index >= 15 is 0 Å². The second kappa shape index (κ2) is 25.7. The Hall–Kier alpha value is -3.48. The van der Waals surface area contributed by atoms with Gasteiger partial charge in [0, 0.05) is 13.0 Å². The Morgan fingerprint density at radius 3 is 1.57 bits per heavy atom. The van der Waals surface area contributed by atoms with E-state index in [4.69, 9.17) is 14.0 Å². The zero-order valence-electron chi connectivity index (χ0n) is 26.7. The first-order valence-corrected chi connectivity index (χ1v) is 19.2. The monoisotopic (exact) mass is 706 g/mol. The maximum Gasteiger partial charge on any atom is 2.00 e. The number of hydrogen-bond acceptors (Lipinski definition) is 6. The van der Waals surface area contributed by atoms with Crippen LogP contribution in [-0.4, -0.2) is 44.7 Å². The number of rotatable bonds is 13. The topological polar surface area (TPSA) is 136 Å². The van der Waals surface area contributed by atoms with Crippen molar-refractivity contribution in [1.82, 2.24) is 0 Å². The van der Waals surface area contributed by atoms with Gasteiger partial charge < -0.3 is 9.47 Å². The molecule has 0 radical (unpaired) electrons. The van der Waals surface area contributed by atoms with Crippen LogP contribution in [0.1, 0.15) is 19.8 Å². The molecule has 246 valence electrons. The molecule has 0 amide bonds. The van der Waals surface area contributed by atoms with Crippen LogP contribution in [0.25, 0.3) is 0 Å². The van der Waals surface area contributed by atoms with E-state index in [0.29, 0.717) is 12.8 Å². The Bertz CT molecular complexity index is 1210. The van der Waals surface area contributed by atoms with E-state index in [-0.39, 0.29) is 23.7 Å². The van der Waals surface area contributed by atoms with Gasteiger partial charge in [-0.15, -0.1) is 0 Å². The van der Waals surface area contributed by atoms with Crippen LogP contribution in [0.2, 0.25) is 25.7 Å². The van der Waals surface area contributed by atoms with Crippen LogP contribution in [0.3, 0.4) is 0 Å². The number of nitro groups is 1. The van der Waals surface area contributed by atoms with E-state index in [1.165, 1.54) is 23.0 Å². The zero-order chi connectivity index (χ0) is 34.3. The average Bonchev–Trinajstić information content (AvgIpc) is 3.04. The van der Waals surface area contributed by atoms with Crippen LogP contribution in [0.5, 0.6) is 0 Å². The molecule has 0 aliphatic rings. The first-order chi connectivity index (χ1) is 21.6. The fourth-order valence-electron chi connectivity index (χ4n) is 4.05. The Labute approximate surface area is 285 Å². The summed E-state index contributed by atoms with van der Waals surface area (Å²) in [5.41, 5.74) is 0. The number of carbonyl (C=O) groups excluding carboxylic acids is 2. The molecule has 0 saturated carbocycles. The molecule has 2 unspecified atom stereocenters. The minimum absolute atomic E-state index is 0. The van der Waals surface area contributed by atoms with Crippen molar-refractivity contribution in [2.75, 3.05) is 13.7 Å². The quantitative estimate of drug-likeness (QED) is 0.0428. The van der Waals surface area contributed by atoms with Crippen LogP contribution < -0.4 is 15.9 Å². The first-order valence-electron chi connectivity index (χ1n) is 14.2. The van der Waals surface area contributed by atoms with E-state index in [2.05, 4.69) is 129 Å². The van der Waals surface area contributed by atoms with Gasteiger partial charge in [0.05, 0.1) is 13.7 Å². The SMILES string of the molecule is CCCC([CH-]C(=O)OC)C(C(=O)OCC[Si](C)(C)C)[N+](=O)[O-].[C-]#[O+].[C-]#[O+].[Fe+2].c1ccc(P(c2ccccc2)c2ccccc2)cc1. The second-order valence-corrected chi connectivity index (χ2v) is 18.5. The van der Waals surface area contributed by atoms with Crippen molar-refractivity contribution in [2.45, 2.75) is 51.5 Å². The number of benzene rings is 3. The van der Waals surface area contributed by atoms with Crippen molar-refractivity contribution in [1.29, 1.82) is 0 Å². The molecule has 9 nitrogen and oxygen atoms in total. The van der Waals surface area contributed by atoms with E-state index in [1.54, 1.807) is 0 Å². The van der Waals surface area contributed by atoms with Gasteiger partial charge in [-0.1, -0.05) is 136 Å².